The molecule has 2 aromatic rings. The van der Waals surface area contributed by atoms with Gasteiger partial charge < -0.3 is 9.73 Å². The van der Waals surface area contributed by atoms with Crippen molar-refractivity contribution < 1.29 is 4.42 Å². The zero-order valence-corrected chi connectivity index (χ0v) is 10.9. The summed E-state index contributed by atoms with van der Waals surface area (Å²) in [5, 5.41) is 3.13. The van der Waals surface area contributed by atoms with Crippen LogP contribution in [0.3, 0.4) is 0 Å². The van der Waals surface area contributed by atoms with Gasteiger partial charge in [0.1, 0.15) is 6.26 Å². The molecule has 0 spiro atoms. The molecule has 0 saturated carbocycles. The maximum Gasteiger partial charge on any atom is 0.226 e. The number of rotatable bonds is 6. The van der Waals surface area contributed by atoms with Crippen molar-refractivity contribution in [3.05, 3.63) is 42.3 Å². The summed E-state index contributed by atoms with van der Waals surface area (Å²) in [6.45, 7) is 2.77. The fraction of sp³-hybridized carbons (Fsp3) is 0.357. The standard InChI is InChI=1S/C14H19N3O/c1-15-8-9-17(2)10-13-11-18-14(16-13)12-6-4-3-5-7-12/h3-7,11,15H,8-10H2,1-2H3. The van der Waals surface area contributed by atoms with Crippen LogP contribution in [0.5, 0.6) is 0 Å². The number of aromatic nitrogens is 1. The molecule has 18 heavy (non-hydrogen) atoms. The highest BCUT2D eigenvalue weighted by Gasteiger charge is 2.07. The maximum absolute atomic E-state index is 5.50. The Morgan fingerprint density at radius 1 is 1.28 bits per heavy atom. The highest BCUT2D eigenvalue weighted by atomic mass is 16.3. The SMILES string of the molecule is CNCCN(C)Cc1coc(-c2ccccc2)n1. The Morgan fingerprint density at radius 2 is 2.06 bits per heavy atom. The molecular formula is C14H19N3O. The molecule has 0 bridgehead atoms. The molecule has 1 aromatic heterocycles. The number of oxazole rings is 1. The van der Waals surface area contributed by atoms with E-state index in [0.717, 1.165) is 30.9 Å². The van der Waals surface area contributed by atoms with Crippen LogP contribution in [0.2, 0.25) is 0 Å². The Balaban J connectivity index is 1.98. The van der Waals surface area contributed by atoms with Crippen molar-refractivity contribution in [2.45, 2.75) is 6.54 Å². The van der Waals surface area contributed by atoms with Gasteiger partial charge in [0.15, 0.2) is 0 Å². The van der Waals surface area contributed by atoms with Crippen LogP contribution in [0.1, 0.15) is 5.69 Å². The number of hydrogen-bond donors (Lipinski definition) is 1. The first-order chi connectivity index (χ1) is 8.79. The van der Waals surface area contributed by atoms with Crippen molar-refractivity contribution in [2.24, 2.45) is 0 Å². The van der Waals surface area contributed by atoms with Gasteiger partial charge in [-0.1, -0.05) is 18.2 Å². The molecule has 4 heteroatoms. The van der Waals surface area contributed by atoms with Gasteiger partial charge in [-0.25, -0.2) is 4.98 Å². The minimum atomic E-state index is 0.688. The molecule has 0 fully saturated rings. The molecule has 96 valence electrons. The monoisotopic (exact) mass is 245 g/mol. The van der Waals surface area contributed by atoms with Gasteiger partial charge in [0, 0.05) is 25.2 Å². The zero-order chi connectivity index (χ0) is 12.8. The number of hydrogen-bond acceptors (Lipinski definition) is 4. The molecule has 4 nitrogen and oxygen atoms in total. The maximum atomic E-state index is 5.50. The largest absolute Gasteiger partial charge is 0.444 e. The lowest BCUT2D eigenvalue weighted by Gasteiger charge is -2.13. The van der Waals surface area contributed by atoms with Gasteiger partial charge >= 0.3 is 0 Å². The topological polar surface area (TPSA) is 41.3 Å². The Bertz CT molecular complexity index is 467. The van der Waals surface area contributed by atoms with Crippen LogP contribution >= 0.6 is 0 Å². The van der Waals surface area contributed by atoms with Crippen LogP contribution in [0.15, 0.2) is 41.0 Å². The molecule has 1 aromatic carbocycles. The van der Waals surface area contributed by atoms with Crippen LogP contribution in [0.25, 0.3) is 11.5 Å². The average molecular weight is 245 g/mol. The molecule has 0 saturated heterocycles. The van der Waals surface area contributed by atoms with E-state index in [1.807, 2.05) is 37.4 Å². The molecule has 0 aliphatic rings. The fourth-order valence-corrected chi connectivity index (χ4v) is 1.75. The van der Waals surface area contributed by atoms with Gasteiger partial charge in [-0.3, -0.25) is 4.90 Å². The first-order valence-corrected chi connectivity index (χ1v) is 6.12. The highest BCUT2D eigenvalue weighted by Crippen LogP contribution is 2.18. The van der Waals surface area contributed by atoms with E-state index in [1.54, 1.807) is 6.26 Å². The lowest BCUT2D eigenvalue weighted by atomic mass is 10.2. The molecule has 0 aliphatic carbocycles. The second-order valence-electron chi connectivity index (χ2n) is 4.35. The van der Waals surface area contributed by atoms with E-state index in [9.17, 15) is 0 Å². The second-order valence-corrected chi connectivity index (χ2v) is 4.35. The third-order valence-corrected chi connectivity index (χ3v) is 2.75. The Hall–Kier alpha value is -1.65. The summed E-state index contributed by atoms with van der Waals surface area (Å²) in [4.78, 5) is 6.71. The molecular weight excluding hydrogens is 226 g/mol. The molecule has 2 rings (SSSR count). The lowest BCUT2D eigenvalue weighted by Crippen LogP contribution is -2.27. The highest BCUT2D eigenvalue weighted by molar-refractivity contribution is 5.52. The van der Waals surface area contributed by atoms with Gasteiger partial charge in [0.05, 0.1) is 5.69 Å². The average Bonchev–Trinajstić information content (AvgIpc) is 2.86. The van der Waals surface area contributed by atoms with E-state index >= 15 is 0 Å². The quantitative estimate of drug-likeness (QED) is 0.845. The Morgan fingerprint density at radius 3 is 2.78 bits per heavy atom. The van der Waals surface area contributed by atoms with E-state index in [4.69, 9.17) is 4.42 Å². The predicted octanol–water partition coefficient (Wildman–Crippen LogP) is 1.99. The molecule has 0 aliphatic heterocycles. The van der Waals surface area contributed by atoms with E-state index in [2.05, 4.69) is 22.2 Å². The molecule has 1 heterocycles. The van der Waals surface area contributed by atoms with E-state index in [1.165, 1.54) is 0 Å². The van der Waals surface area contributed by atoms with Crippen LogP contribution < -0.4 is 5.32 Å². The number of nitrogens with zero attached hydrogens (tertiary/aromatic N) is 2. The number of benzene rings is 1. The van der Waals surface area contributed by atoms with Gasteiger partial charge in [-0.05, 0) is 26.2 Å². The van der Waals surface area contributed by atoms with Crippen LogP contribution in [0, 0.1) is 0 Å². The van der Waals surface area contributed by atoms with Crippen LogP contribution in [0.4, 0.5) is 0 Å². The van der Waals surface area contributed by atoms with Crippen LogP contribution in [-0.2, 0) is 6.54 Å². The fourth-order valence-electron chi connectivity index (χ4n) is 1.75. The first-order valence-electron chi connectivity index (χ1n) is 6.12. The summed E-state index contributed by atoms with van der Waals surface area (Å²) in [6, 6.07) is 9.95. The number of likely N-dealkylation sites (N-methyl/N-ethyl adjacent to an activating group) is 2. The van der Waals surface area contributed by atoms with Crippen molar-refractivity contribution in [2.75, 3.05) is 27.2 Å². The van der Waals surface area contributed by atoms with Gasteiger partial charge in [0.25, 0.3) is 0 Å². The summed E-state index contributed by atoms with van der Waals surface area (Å²) in [7, 11) is 4.03. The molecule has 0 atom stereocenters. The normalized spacial score (nSPS) is 11.1. The summed E-state index contributed by atoms with van der Waals surface area (Å²) >= 11 is 0. The number of nitrogens with one attached hydrogen (secondary N) is 1. The third kappa shape index (κ3) is 3.42. The third-order valence-electron chi connectivity index (χ3n) is 2.75. The summed E-state index contributed by atoms with van der Waals surface area (Å²) < 4.78 is 5.50. The molecule has 0 radical (unpaired) electrons. The smallest absolute Gasteiger partial charge is 0.226 e. The van der Waals surface area contributed by atoms with E-state index in [-0.39, 0.29) is 0 Å². The van der Waals surface area contributed by atoms with Gasteiger partial charge in [-0.2, -0.15) is 0 Å². The predicted molar refractivity (Wildman–Crippen MR) is 72.2 cm³/mol. The summed E-state index contributed by atoms with van der Waals surface area (Å²) in [5.41, 5.74) is 1.98. The van der Waals surface area contributed by atoms with Crippen molar-refractivity contribution in [1.82, 2.24) is 15.2 Å². The minimum Gasteiger partial charge on any atom is -0.444 e. The van der Waals surface area contributed by atoms with Crippen molar-refractivity contribution in [3.8, 4) is 11.5 Å². The van der Waals surface area contributed by atoms with Crippen LogP contribution in [-0.4, -0.2) is 37.1 Å². The lowest BCUT2D eigenvalue weighted by molar-refractivity contribution is 0.324. The van der Waals surface area contributed by atoms with Gasteiger partial charge in [0.2, 0.25) is 5.89 Å². The Kier molecular flexibility index (Phi) is 4.50. The molecule has 0 unspecified atom stereocenters. The minimum absolute atomic E-state index is 0.688. The van der Waals surface area contributed by atoms with Crippen molar-refractivity contribution >= 4 is 0 Å². The molecule has 1 N–H and O–H groups in total. The first kappa shape index (κ1) is 12.8. The van der Waals surface area contributed by atoms with E-state index < -0.39 is 0 Å². The van der Waals surface area contributed by atoms with E-state index in [0.29, 0.717) is 5.89 Å². The van der Waals surface area contributed by atoms with Crippen molar-refractivity contribution in [3.63, 3.8) is 0 Å². The van der Waals surface area contributed by atoms with Gasteiger partial charge in [-0.15, -0.1) is 0 Å². The molecule has 0 amide bonds. The summed E-state index contributed by atoms with van der Waals surface area (Å²) in [5.74, 6) is 0.688. The second kappa shape index (κ2) is 6.33. The summed E-state index contributed by atoms with van der Waals surface area (Å²) in [6.07, 6.45) is 1.73. The van der Waals surface area contributed by atoms with Crippen molar-refractivity contribution in [1.29, 1.82) is 0 Å². The Labute approximate surface area is 108 Å². The zero-order valence-electron chi connectivity index (χ0n) is 10.9.